The van der Waals surface area contributed by atoms with Gasteiger partial charge in [0.1, 0.15) is 11.9 Å². The first kappa shape index (κ1) is 12.9. The molecule has 2 aliphatic carbocycles. The van der Waals surface area contributed by atoms with Crippen LogP contribution in [0, 0.1) is 23.2 Å². The van der Waals surface area contributed by atoms with Crippen molar-refractivity contribution in [1.82, 2.24) is 0 Å². The second-order valence-corrected chi connectivity index (χ2v) is 6.51. The molecular formula is C15H20O4. The molecule has 0 spiro atoms. The number of rotatable bonds is 0. The summed E-state index contributed by atoms with van der Waals surface area (Å²) in [6.07, 6.45) is 0.803. The molecule has 1 heterocycles. The Bertz CT molecular complexity index is 469. The number of aliphatic hydroxyl groups excluding tert-OH is 1. The number of aliphatic hydroxyl groups is 1. The summed E-state index contributed by atoms with van der Waals surface area (Å²) < 4.78 is 5.44. The van der Waals surface area contributed by atoms with Crippen molar-refractivity contribution in [2.75, 3.05) is 0 Å². The van der Waals surface area contributed by atoms with Crippen LogP contribution in [0.4, 0.5) is 0 Å². The van der Waals surface area contributed by atoms with Crippen LogP contribution in [0.1, 0.15) is 33.1 Å². The summed E-state index contributed by atoms with van der Waals surface area (Å²) in [7, 11) is 0. The summed E-state index contributed by atoms with van der Waals surface area (Å²) in [4.78, 5) is 24.2. The van der Waals surface area contributed by atoms with Gasteiger partial charge in [-0.15, -0.1) is 0 Å². The van der Waals surface area contributed by atoms with Crippen molar-refractivity contribution in [1.29, 1.82) is 0 Å². The number of ether oxygens (including phenoxy) is 1. The van der Waals surface area contributed by atoms with Crippen LogP contribution in [0.3, 0.4) is 0 Å². The fourth-order valence-electron chi connectivity index (χ4n) is 4.51. The minimum Gasteiger partial charge on any atom is -0.457 e. The third-order valence-corrected chi connectivity index (χ3v) is 5.58. The Kier molecular flexibility index (Phi) is 2.65. The van der Waals surface area contributed by atoms with Crippen LogP contribution in [0.25, 0.3) is 0 Å². The van der Waals surface area contributed by atoms with Gasteiger partial charge in [0.2, 0.25) is 0 Å². The third-order valence-electron chi connectivity index (χ3n) is 5.58. The highest BCUT2D eigenvalue weighted by atomic mass is 16.6. The van der Waals surface area contributed by atoms with E-state index >= 15 is 0 Å². The van der Waals surface area contributed by atoms with Crippen molar-refractivity contribution in [2.45, 2.75) is 45.3 Å². The van der Waals surface area contributed by atoms with Crippen LogP contribution in [-0.2, 0) is 14.3 Å². The Morgan fingerprint density at radius 3 is 2.79 bits per heavy atom. The quantitative estimate of drug-likeness (QED) is 0.531. The Morgan fingerprint density at radius 1 is 1.42 bits per heavy atom. The van der Waals surface area contributed by atoms with Crippen LogP contribution in [0.2, 0.25) is 0 Å². The molecule has 0 amide bonds. The maximum absolute atomic E-state index is 12.4. The molecule has 19 heavy (non-hydrogen) atoms. The molecule has 4 nitrogen and oxygen atoms in total. The largest absolute Gasteiger partial charge is 0.457 e. The lowest BCUT2D eigenvalue weighted by molar-refractivity contribution is -0.151. The van der Waals surface area contributed by atoms with Gasteiger partial charge in [0.05, 0.1) is 17.4 Å². The van der Waals surface area contributed by atoms with E-state index in [9.17, 15) is 14.7 Å². The van der Waals surface area contributed by atoms with E-state index in [4.69, 9.17) is 4.74 Å². The molecule has 1 N–H and O–H groups in total. The zero-order chi connectivity index (χ0) is 13.9. The Labute approximate surface area is 112 Å². The fourth-order valence-corrected chi connectivity index (χ4v) is 4.51. The molecule has 4 heteroatoms. The van der Waals surface area contributed by atoms with Gasteiger partial charge in [-0.25, -0.2) is 4.79 Å². The maximum atomic E-state index is 12.4. The van der Waals surface area contributed by atoms with E-state index in [1.165, 1.54) is 0 Å². The zero-order valence-corrected chi connectivity index (χ0v) is 11.4. The molecule has 3 rings (SSSR count). The van der Waals surface area contributed by atoms with Crippen LogP contribution in [0.15, 0.2) is 12.2 Å². The van der Waals surface area contributed by atoms with Crippen LogP contribution < -0.4 is 0 Å². The number of carbonyl (C=O) groups is 2. The summed E-state index contributed by atoms with van der Waals surface area (Å²) in [5.74, 6) is -0.280. The van der Waals surface area contributed by atoms with Gasteiger partial charge in [0.15, 0.2) is 0 Å². The molecule has 3 fully saturated rings. The van der Waals surface area contributed by atoms with E-state index in [1.54, 1.807) is 0 Å². The molecular weight excluding hydrogens is 244 g/mol. The average molecular weight is 264 g/mol. The molecule has 1 saturated heterocycles. The lowest BCUT2D eigenvalue weighted by Crippen LogP contribution is -2.45. The predicted molar refractivity (Wildman–Crippen MR) is 68.1 cm³/mol. The molecule has 6 atom stereocenters. The number of hydrogen-bond acceptors (Lipinski definition) is 4. The van der Waals surface area contributed by atoms with Gasteiger partial charge < -0.3 is 9.84 Å². The molecule has 104 valence electrons. The van der Waals surface area contributed by atoms with Gasteiger partial charge in [-0.1, -0.05) is 13.5 Å². The lowest BCUT2D eigenvalue weighted by Gasteiger charge is -2.36. The van der Waals surface area contributed by atoms with E-state index in [2.05, 4.69) is 13.5 Å². The highest BCUT2D eigenvalue weighted by Gasteiger charge is 2.63. The fraction of sp³-hybridized carbons (Fsp3) is 0.733. The molecule has 0 bridgehead atoms. The van der Waals surface area contributed by atoms with E-state index in [0.29, 0.717) is 18.4 Å². The molecule has 1 aliphatic heterocycles. The standard InChI is InChI=1S/C15H20O4/c1-7-6-10(16)12-8(2)14(18)19-13(12)15(3)9(7)4-5-11(15)17/h7,9-10,12-13,16H,2,4-6H2,1,3H3/t7-,9-,10-,12?,13+,15-/m0/s1. The first-order valence-corrected chi connectivity index (χ1v) is 6.98. The highest BCUT2D eigenvalue weighted by Crippen LogP contribution is 2.56. The van der Waals surface area contributed by atoms with E-state index < -0.39 is 29.5 Å². The van der Waals surface area contributed by atoms with Crippen molar-refractivity contribution < 1.29 is 19.4 Å². The molecule has 2 saturated carbocycles. The van der Waals surface area contributed by atoms with Crippen molar-refractivity contribution in [2.24, 2.45) is 23.2 Å². The summed E-state index contributed by atoms with van der Waals surface area (Å²) in [5.41, 5.74) is -0.331. The number of Topliss-reactive ketones (excluding diaryl/α,β-unsaturated/α-hetero) is 1. The topological polar surface area (TPSA) is 63.6 Å². The average Bonchev–Trinajstić information content (AvgIpc) is 2.78. The monoisotopic (exact) mass is 264 g/mol. The SMILES string of the molecule is C=C1C(=O)O[C@@H]2C1[C@@H](O)C[C@H](C)[C@@H]1CCC(=O)[C@@]21C. The predicted octanol–water partition coefficient (Wildman–Crippen LogP) is 1.47. The Balaban J connectivity index is 2.11. The van der Waals surface area contributed by atoms with Crippen LogP contribution in [-0.4, -0.2) is 29.1 Å². The molecule has 1 unspecified atom stereocenters. The van der Waals surface area contributed by atoms with Gasteiger partial charge in [-0.05, 0) is 31.6 Å². The third kappa shape index (κ3) is 1.49. The van der Waals surface area contributed by atoms with E-state index in [1.807, 2.05) is 6.92 Å². The number of carbonyl (C=O) groups excluding carboxylic acids is 2. The second-order valence-electron chi connectivity index (χ2n) is 6.51. The second kappa shape index (κ2) is 3.92. The number of fused-ring (bicyclic) bond motifs is 3. The van der Waals surface area contributed by atoms with Crippen LogP contribution in [0.5, 0.6) is 0 Å². The van der Waals surface area contributed by atoms with Gasteiger partial charge in [0.25, 0.3) is 0 Å². The summed E-state index contributed by atoms with van der Waals surface area (Å²) in [5, 5.41) is 10.4. The van der Waals surface area contributed by atoms with E-state index in [-0.39, 0.29) is 17.6 Å². The van der Waals surface area contributed by atoms with Crippen molar-refractivity contribution in [3.63, 3.8) is 0 Å². The molecule has 3 aliphatic rings. The highest BCUT2D eigenvalue weighted by molar-refractivity contribution is 5.94. The summed E-state index contributed by atoms with van der Waals surface area (Å²) >= 11 is 0. The molecule has 0 aromatic carbocycles. The van der Waals surface area contributed by atoms with Crippen molar-refractivity contribution in [3.8, 4) is 0 Å². The Morgan fingerprint density at radius 2 is 2.11 bits per heavy atom. The molecule has 0 aromatic rings. The first-order valence-electron chi connectivity index (χ1n) is 6.98. The number of esters is 1. The van der Waals surface area contributed by atoms with Crippen molar-refractivity contribution >= 4 is 11.8 Å². The first-order chi connectivity index (χ1) is 8.87. The number of ketones is 1. The smallest absolute Gasteiger partial charge is 0.334 e. The van der Waals surface area contributed by atoms with Crippen LogP contribution >= 0.6 is 0 Å². The molecule has 0 radical (unpaired) electrons. The summed E-state index contributed by atoms with van der Waals surface area (Å²) in [6.45, 7) is 7.75. The minimum atomic E-state index is -0.656. The van der Waals surface area contributed by atoms with Gasteiger partial charge in [-0.3, -0.25) is 4.79 Å². The normalized spacial score (nSPS) is 49.6. The number of hydrogen-bond donors (Lipinski definition) is 1. The van der Waals surface area contributed by atoms with Gasteiger partial charge >= 0.3 is 5.97 Å². The summed E-state index contributed by atoms with van der Waals surface area (Å²) in [6, 6.07) is 0. The Hall–Kier alpha value is -1.16. The van der Waals surface area contributed by atoms with Gasteiger partial charge in [-0.2, -0.15) is 0 Å². The maximum Gasteiger partial charge on any atom is 0.334 e. The van der Waals surface area contributed by atoms with Gasteiger partial charge in [0, 0.05) is 12.0 Å². The molecule has 0 aromatic heterocycles. The lowest BCUT2D eigenvalue weighted by atomic mass is 9.68. The van der Waals surface area contributed by atoms with E-state index in [0.717, 1.165) is 6.42 Å². The van der Waals surface area contributed by atoms with Crippen molar-refractivity contribution in [3.05, 3.63) is 12.2 Å². The zero-order valence-electron chi connectivity index (χ0n) is 11.4. The minimum absolute atomic E-state index is 0.163.